The van der Waals surface area contributed by atoms with Crippen LogP contribution in [0.2, 0.25) is 0 Å². The standard InChI is InChI=1S/C8H9Cl3OSi/c1-6-4-3-5-7(12-2)8(6)13(9,10)11/h3-5H,1-2H3. The molecule has 72 valence electrons. The van der Waals surface area contributed by atoms with Crippen LogP contribution in [0.5, 0.6) is 5.75 Å². The minimum atomic E-state index is -2.85. The molecule has 0 radical (unpaired) electrons. The smallest absolute Gasteiger partial charge is 0.376 e. The summed E-state index contributed by atoms with van der Waals surface area (Å²) in [5.74, 6) is 0.659. The maximum absolute atomic E-state index is 5.94. The second kappa shape index (κ2) is 4.09. The van der Waals surface area contributed by atoms with E-state index in [1.807, 2.05) is 19.1 Å². The Kier molecular flexibility index (Phi) is 3.52. The van der Waals surface area contributed by atoms with Crippen molar-refractivity contribution in [2.45, 2.75) is 6.92 Å². The van der Waals surface area contributed by atoms with Crippen molar-refractivity contribution in [3.8, 4) is 5.75 Å². The maximum Gasteiger partial charge on any atom is 0.376 e. The summed E-state index contributed by atoms with van der Waals surface area (Å²) >= 11 is 17.8. The van der Waals surface area contributed by atoms with Gasteiger partial charge in [-0.15, -0.1) is 33.2 Å². The first-order valence-corrected chi connectivity index (χ1v) is 8.71. The van der Waals surface area contributed by atoms with Crippen LogP contribution in [-0.4, -0.2) is 13.1 Å². The number of ether oxygens (including phenoxy) is 1. The largest absolute Gasteiger partial charge is 0.497 e. The SMILES string of the molecule is COc1cccc(C)c1[Si](Cl)(Cl)Cl. The van der Waals surface area contributed by atoms with Crippen molar-refractivity contribution in [3.63, 3.8) is 0 Å². The van der Waals surface area contributed by atoms with Gasteiger partial charge >= 0.3 is 6.00 Å². The topological polar surface area (TPSA) is 9.23 Å². The first-order valence-electron chi connectivity index (χ1n) is 3.67. The van der Waals surface area contributed by atoms with E-state index < -0.39 is 6.00 Å². The predicted molar refractivity (Wildman–Crippen MR) is 60.7 cm³/mol. The van der Waals surface area contributed by atoms with Gasteiger partial charge in [0.25, 0.3) is 0 Å². The van der Waals surface area contributed by atoms with Crippen molar-refractivity contribution < 1.29 is 4.74 Å². The van der Waals surface area contributed by atoms with Crippen molar-refractivity contribution >= 4 is 44.4 Å². The van der Waals surface area contributed by atoms with Crippen molar-refractivity contribution in [1.29, 1.82) is 0 Å². The zero-order valence-corrected chi connectivity index (χ0v) is 10.5. The van der Waals surface area contributed by atoms with Gasteiger partial charge in [-0.3, -0.25) is 0 Å². The summed E-state index contributed by atoms with van der Waals surface area (Å²) in [6, 6.07) is 2.74. The van der Waals surface area contributed by atoms with Gasteiger partial charge in [0.05, 0.1) is 7.11 Å². The van der Waals surface area contributed by atoms with Crippen LogP contribution in [0.25, 0.3) is 0 Å². The number of benzene rings is 1. The molecule has 1 aromatic rings. The highest BCUT2D eigenvalue weighted by Gasteiger charge is 2.33. The number of halogens is 3. The van der Waals surface area contributed by atoms with Gasteiger partial charge in [-0.25, -0.2) is 0 Å². The Balaban J connectivity index is 3.32. The van der Waals surface area contributed by atoms with Gasteiger partial charge in [0.2, 0.25) is 0 Å². The van der Waals surface area contributed by atoms with Gasteiger partial charge in [0.15, 0.2) is 0 Å². The molecule has 0 heterocycles. The third-order valence-corrected chi connectivity index (χ3v) is 4.65. The first-order chi connectivity index (χ1) is 5.96. The van der Waals surface area contributed by atoms with E-state index >= 15 is 0 Å². The number of hydrogen-bond acceptors (Lipinski definition) is 1. The van der Waals surface area contributed by atoms with E-state index in [-0.39, 0.29) is 0 Å². The molecule has 0 N–H and O–H groups in total. The van der Waals surface area contributed by atoms with Crippen molar-refractivity contribution in [2.75, 3.05) is 7.11 Å². The Morgan fingerprint density at radius 3 is 2.23 bits per heavy atom. The van der Waals surface area contributed by atoms with Gasteiger partial charge in [-0.1, -0.05) is 12.1 Å². The van der Waals surface area contributed by atoms with Crippen molar-refractivity contribution in [2.24, 2.45) is 0 Å². The summed E-state index contributed by atoms with van der Waals surface area (Å²) in [4.78, 5) is 0. The first kappa shape index (κ1) is 11.2. The second-order valence-electron chi connectivity index (χ2n) is 2.65. The molecule has 0 aliphatic heterocycles. The zero-order valence-electron chi connectivity index (χ0n) is 7.27. The Hall–Kier alpha value is 0.107. The molecule has 0 aliphatic carbocycles. The minimum absolute atomic E-state index is 0.659. The molecule has 1 aromatic carbocycles. The van der Waals surface area contributed by atoms with Crippen LogP contribution in [0.15, 0.2) is 18.2 Å². The van der Waals surface area contributed by atoms with Gasteiger partial charge in [0.1, 0.15) is 5.75 Å². The van der Waals surface area contributed by atoms with Gasteiger partial charge < -0.3 is 4.74 Å². The van der Waals surface area contributed by atoms with Crippen LogP contribution < -0.4 is 9.92 Å². The van der Waals surface area contributed by atoms with Gasteiger partial charge in [-0.05, 0) is 18.6 Å². The summed E-state index contributed by atoms with van der Waals surface area (Å²) in [6.07, 6.45) is 0. The van der Waals surface area contributed by atoms with Gasteiger partial charge in [0, 0.05) is 5.19 Å². The average Bonchev–Trinajstić information content (AvgIpc) is 2.01. The number of methoxy groups -OCH3 is 1. The number of rotatable bonds is 2. The van der Waals surface area contributed by atoms with E-state index in [0.717, 1.165) is 10.8 Å². The summed E-state index contributed by atoms with van der Waals surface area (Å²) in [5.41, 5.74) is 0.964. The third-order valence-electron chi connectivity index (χ3n) is 1.74. The van der Waals surface area contributed by atoms with Crippen molar-refractivity contribution in [3.05, 3.63) is 23.8 Å². The summed E-state index contributed by atoms with van der Waals surface area (Å²) in [5, 5.41) is 0.738. The third kappa shape index (κ3) is 2.53. The molecule has 5 heteroatoms. The fourth-order valence-electron chi connectivity index (χ4n) is 1.17. The Morgan fingerprint density at radius 2 is 1.85 bits per heavy atom. The highest BCUT2D eigenvalue weighted by molar-refractivity contribution is 7.69. The number of aryl methyl sites for hydroxylation is 1. The van der Waals surface area contributed by atoms with E-state index in [1.165, 1.54) is 0 Å². The molecule has 13 heavy (non-hydrogen) atoms. The molecular weight excluding hydrogens is 247 g/mol. The molecule has 0 unspecified atom stereocenters. The monoisotopic (exact) mass is 254 g/mol. The van der Waals surface area contributed by atoms with Crippen LogP contribution in [-0.2, 0) is 0 Å². The molecule has 0 spiro atoms. The molecule has 0 bridgehead atoms. The number of hydrogen-bond donors (Lipinski definition) is 0. The summed E-state index contributed by atoms with van der Waals surface area (Å²) in [6.45, 7) is 1.91. The Morgan fingerprint density at radius 1 is 1.23 bits per heavy atom. The summed E-state index contributed by atoms with van der Waals surface area (Å²) < 4.78 is 5.13. The van der Waals surface area contributed by atoms with Crippen LogP contribution in [0.1, 0.15) is 5.56 Å². The average molecular weight is 256 g/mol. The molecule has 1 nitrogen and oxygen atoms in total. The second-order valence-corrected chi connectivity index (χ2v) is 11.0. The highest BCUT2D eigenvalue weighted by atomic mass is 35.8. The minimum Gasteiger partial charge on any atom is -0.497 e. The quantitative estimate of drug-likeness (QED) is 0.583. The van der Waals surface area contributed by atoms with E-state index in [2.05, 4.69) is 0 Å². The molecule has 0 saturated carbocycles. The molecule has 0 atom stereocenters. The van der Waals surface area contributed by atoms with Gasteiger partial charge in [-0.2, -0.15) is 0 Å². The molecule has 0 aromatic heterocycles. The van der Waals surface area contributed by atoms with Crippen LogP contribution in [0.4, 0.5) is 0 Å². The molecule has 1 rings (SSSR count). The molecule has 0 aliphatic rings. The van der Waals surface area contributed by atoms with Crippen LogP contribution >= 0.6 is 33.2 Å². The Bertz CT molecular complexity index is 309. The van der Waals surface area contributed by atoms with E-state index in [0.29, 0.717) is 5.75 Å². The zero-order chi connectivity index (χ0) is 10.1. The van der Waals surface area contributed by atoms with E-state index in [4.69, 9.17) is 38.0 Å². The lowest BCUT2D eigenvalue weighted by atomic mass is 10.2. The molecule has 0 fully saturated rings. The lowest BCUT2D eigenvalue weighted by Crippen LogP contribution is -2.33. The lowest BCUT2D eigenvalue weighted by Gasteiger charge is -2.15. The summed E-state index contributed by atoms with van der Waals surface area (Å²) in [7, 11) is 1.57. The lowest BCUT2D eigenvalue weighted by molar-refractivity contribution is 0.418. The molecular formula is C8H9Cl3OSi. The fraction of sp³-hybridized carbons (Fsp3) is 0.250. The predicted octanol–water partition coefficient (Wildman–Crippen LogP) is 2.87. The molecule has 0 amide bonds. The van der Waals surface area contributed by atoms with Crippen molar-refractivity contribution in [1.82, 2.24) is 0 Å². The van der Waals surface area contributed by atoms with E-state index in [9.17, 15) is 0 Å². The fourth-order valence-corrected chi connectivity index (χ4v) is 4.35. The maximum atomic E-state index is 5.94. The van der Waals surface area contributed by atoms with Crippen LogP contribution in [0, 0.1) is 6.92 Å². The highest BCUT2D eigenvalue weighted by Crippen LogP contribution is 2.26. The molecule has 0 saturated heterocycles. The normalized spacial score (nSPS) is 11.5. The van der Waals surface area contributed by atoms with Crippen LogP contribution in [0.3, 0.4) is 0 Å². The Labute approximate surface area is 92.7 Å². The van der Waals surface area contributed by atoms with E-state index in [1.54, 1.807) is 13.2 Å².